The summed E-state index contributed by atoms with van der Waals surface area (Å²) >= 11 is 6.43. The molecule has 1 heterocycles. The van der Waals surface area contributed by atoms with Crippen LogP contribution in [0.5, 0.6) is 11.5 Å². The molecule has 0 aromatic heterocycles. The summed E-state index contributed by atoms with van der Waals surface area (Å²) in [5.74, 6) is 0.461. The Morgan fingerprint density at radius 2 is 1.80 bits per heavy atom. The number of carbonyl (C=O) groups is 2. The maximum atomic E-state index is 12.4. The van der Waals surface area contributed by atoms with Gasteiger partial charge in [0.05, 0.1) is 12.1 Å². The molecule has 35 heavy (non-hydrogen) atoms. The number of Topliss-reactive ketones (excluding diaryl/α,β-unsaturated/α-hetero) is 1. The molecule has 0 N–H and O–H groups in total. The minimum atomic E-state index is -0.559. The lowest BCUT2D eigenvalue weighted by Gasteiger charge is -2.13. The van der Waals surface area contributed by atoms with Crippen molar-refractivity contribution in [1.82, 2.24) is 0 Å². The molecule has 1 aliphatic heterocycles. The predicted molar refractivity (Wildman–Crippen MR) is 135 cm³/mol. The number of nitrogens with zero attached hydrogens (tertiary/aromatic N) is 1. The van der Waals surface area contributed by atoms with Crippen LogP contribution >= 0.6 is 11.6 Å². The van der Waals surface area contributed by atoms with Gasteiger partial charge in [-0.1, -0.05) is 67.9 Å². The van der Waals surface area contributed by atoms with Gasteiger partial charge in [-0.3, -0.25) is 4.79 Å². The second-order valence-corrected chi connectivity index (χ2v) is 8.63. The highest BCUT2D eigenvalue weighted by molar-refractivity contribution is 6.32. The zero-order valence-corrected chi connectivity index (χ0v) is 20.3. The first kappa shape index (κ1) is 24.2. The molecule has 0 atom stereocenters. The van der Waals surface area contributed by atoms with Crippen molar-refractivity contribution in [3.8, 4) is 11.5 Å². The Labute approximate surface area is 208 Å². The summed E-state index contributed by atoms with van der Waals surface area (Å²) in [6.07, 6.45) is 1.56. The van der Waals surface area contributed by atoms with Crippen molar-refractivity contribution in [2.45, 2.75) is 19.8 Å². The molecule has 0 aliphatic carbocycles. The van der Waals surface area contributed by atoms with E-state index in [1.54, 1.807) is 42.5 Å². The number of cyclic esters (lactones) is 1. The highest BCUT2D eigenvalue weighted by atomic mass is 35.5. The van der Waals surface area contributed by atoms with Crippen LogP contribution in [0.3, 0.4) is 0 Å². The van der Waals surface area contributed by atoms with Gasteiger partial charge in [-0.05, 0) is 47.4 Å². The van der Waals surface area contributed by atoms with E-state index in [1.807, 2.05) is 30.3 Å². The standard InChI is InChI=1S/C28H24ClNO5/c1-17(2)19-9-11-21(12-10-19)27-30-23(28(32)35-27)14-18-13-22(29)26(25(15-18)33-3)34-16-24(31)20-7-5-4-6-8-20/h4-15,17H,16H2,1-3H3/b23-14-. The van der Waals surface area contributed by atoms with Crippen LogP contribution in [-0.4, -0.2) is 31.4 Å². The van der Waals surface area contributed by atoms with Gasteiger partial charge in [0.15, 0.2) is 29.6 Å². The summed E-state index contributed by atoms with van der Waals surface area (Å²) in [5, 5.41) is 0.233. The molecule has 7 heteroatoms. The number of rotatable bonds is 8. The topological polar surface area (TPSA) is 74.2 Å². The number of halogens is 1. The number of carbonyl (C=O) groups excluding carboxylic acids is 2. The van der Waals surface area contributed by atoms with E-state index in [0.717, 1.165) is 0 Å². The van der Waals surface area contributed by atoms with Gasteiger partial charge < -0.3 is 14.2 Å². The van der Waals surface area contributed by atoms with Crippen molar-refractivity contribution >= 4 is 35.3 Å². The van der Waals surface area contributed by atoms with Crippen LogP contribution in [0.2, 0.25) is 5.02 Å². The highest BCUT2D eigenvalue weighted by Crippen LogP contribution is 2.37. The lowest BCUT2D eigenvalue weighted by Crippen LogP contribution is -2.12. The van der Waals surface area contributed by atoms with E-state index in [1.165, 1.54) is 12.7 Å². The summed E-state index contributed by atoms with van der Waals surface area (Å²) in [5.41, 5.74) is 3.15. The van der Waals surface area contributed by atoms with Gasteiger partial charge in [-0.25, -0.2) is 9.79 Å². The number of hydrogen-bond donors (Lipinski definition) is 0. The number of methoxy groups -OCH3 is 1. The lowest BCUT2D eigenvalue weighted by atomic mass is 10.0. The number of esters is 1. The van der Waals surface area contributed by atoms with Crippen molar-refractivity contribution in [1.29, 1.82) is 0 Å². The van der Waals surface area contributed by atoms with Crippen molar-refractivity contribution in [2.24, 2.45) is 4.99 Å². The van der Waals surface area contributed by atoms with Crippen LogP contribution in [-0.2, 0) is 9.53 Å². The Bertz CT molecular complexity index is 1310. The lowest BCUT2D eigenvalue weighted by molar-refractivity contribution is -0.129. The molecule has 0 radical (unpaired) electrons. The Morgan fingerprint density at radius 1 is 1.09 bits per heavy atom. The first-order chi connectivity index (χ1) is 16.9. The molecule has 178 valence electrons. The summed E-state index contributed by atoms with van der Waals surface area (Å²) in [7, 11) is 1.47. The van der Waals surface area contributed by atoms with E-state index in [-0.39, 0.29) is 34.8 Å². The fraction of sp³-hybridized carbons (Fsp3) is 0.179. The van der Waals surface area contributed by atoms with Gasteiger partial charge in [0.25, 0.3) is 0 Å². The number of benzene rings is 3. The third-order valence-electron chi connectivity index (χ3n) is 5.44. The smallest absolute Gasteiger partial charge is 0.363 e. The number of hydrogen-bond acceptors (Lipinski definition) is 6. The minimum absolute atomic E-state index is 0.138. The molecule has 3 aromatic carbocycles. The summed E-state index contributed by atoms with van der Waals surface area (Å²) in [6, 6.07) is 19.8. The average Bonchev–Trinajstić information content (AvgIpc) is 3.23. The van der Waals surface area contributed by atoms with Crippen molar-refractivity contribution in [2.75, 3.05) is 13.7 Å². The summed E-state index contributed by atoms with van der Waals surface area (Å²) in [4.78, 5) is 29.2. The molecule has 1 aliphatic rings. The van der Waals surface area contributed by atoms with E-state index >= 15 is 0 Å². The second-order valence-electron chi connectivity index (χ2n) is 8.22. The molecule has 3 aromatic rings. The van der Waals surface area contributed by atoms with Gasteiger partial charge in [0.1, 0.15) is 0 Å². The summed E-state index contributed by atoms with van der Waals surface area (Å²) < 4.78 is 16.5. The van der Waals surface area contributed by atoms with Crippen LogP contribution in [0.4, 0.5) is 0 Å². The molecule has 0 spiro atoms. The molecule has 0 amide bonds. The van der Waals surface area contributed by atoms with Crippen LogP contribution in [0.15, 0.2) is 77.4 Å². The van der Waals surface area contributed by atoms with E-state index in [2.05, 4.69) is 18.8 Å². The van der Waals surface area contributed by atoms with Crippen LogP contribution in [0.1, 0.15) is 46.8 Å². The molecule has 0 saturated carbocycles. The van der Waals surface area contributed by atoms with Gasteiger partial charge in [0.2, 0.25) is 5.90 Å². The second kappa shape index (κ2) is 10.6. The first-order valence-corrected chi connectivity index (χ1v) is 11.4. The van der Waals surface area contributed by atoms with Crippen molar-refractivity contribution in [3.63, 3.8) is 0 Å². The maximum absolute atomic E-state index is 12.4. The fourth-order valence-electron chi connectivity index (χ4n) is 3.51. The number of ketones is 1. The highest BCUT2D eigenvalue weighted by Gasteiger charge is 2.25. The largest absolute Gasteiger partial charge is 0.493 e. The Kier molecular flexibility index (Phi) is 7.32. The number of ether oxygens (including phenoxy) is 3. The van der Waals surface area contributed by atoms with E-state index < -0.39 is 5.97 Å². The zero-order chi connectivity index (χ0) is 24.9. The Morgan fingerprint density at radius 3 is 2.46 bits per heavy atom. The molecular weight excluding hydrogens is 466 g/mol. The Balaban J connectivity index is 1.54. The third-order valence-corrected chi connectivity index (χ3v) is 5.72. The monoisotopic (exact) mass is 489 g/mol. The summed E-state index contributed by atoms with van der Waals surface area (Å²) in [6.45, 7) is 4.02. The van der Waals surface area contributed by atoms with E-state index in [4.69, 9.17) is 25.8 Å². The van der Waals surface area contributed by atoms with Gasteiger partial charge in [-0.2, -0.15) is 0 Å². The van der Waals surface area contributed by atoms with E-state index in [0.29, 0.717) is 28.4 Å². The molecule has 0 unspecified atom stereocenters. The zero-order valence-electron chi connectivity index (χ0n) is 19.6. The fourth-order valence-corrected chi connectivity index (χ4v) is 3.78. The van der Waals surface area contributed by atoms with Crippen molar-refractivity contribution < 1.29 is 23.8 Å². The van der Waals surface area contributed by atoms with Crippen LogP contribution in [0.25, 0.3) is 6.08 Å². The molecular formula is C28H24ClNO5. The van der Waals surface area contributed by atoms with Gasteiger partial charge >= 0.3 is 5.97 Å². The van der Waals surface area contributed by atoms with Crippen molar-refractivity contribution in [3.05, 3.63) is 99.7 Å². The third kappa shape index (κ3) is 5.61. The normalized spacial score (nSPS) is 14.1. The minimum Gasteiger partial charge on any atom is -0.493 e. The molecule has 0 fully saturated rings. The van der Waals surface area contributed by atoms with Gasteiger partial charge in [0, 0.05) is 11.1 Å². The van der Waals surface area contributed by atoms with Crippen LogP contribution in [0, 0.1) is 0 Å². The molecule has 0 bridgehead atoms. The number of aliphatic imine (C=N–C) groups is 1. The SMILES string of the molecule is COc1cc(/C=C2\N=C(c3ccc(C(C)C)cc3)OC2=O)cc(Cl)c1OCC(=O)c1ccccc1. The van der Waals surface area contributed by atoms with Crippen LogP contribution < -0.4 is 9.47 Å². The Hall–Kier alpha value is -3.90. The maximum Gasteiger partial charge on any atom is 0.363 e. The molecule has 4 rings (SSSR count). The predicted octanol–water partition coefficient (Wildman–Crippen LogP) is 6.08. The van der Waals surface area contributed by atoms with Gasteiger partial charge in [-0.15, -0.1) is 0 Å². The first-order valence-electron chi connectivity index (χ1n) is 11.1. The molecule has 6 nitrogen and oxygen atoms in total. The average molecular weight is 490 g/mol. The van der Waals surface area contributed by atoms with E-state index in [9.17, 15) is 9.59 Å². The quantitative estimate of drug-likeness (QED) is 0.218. The molecule has 0 saturated heterocycles.